The molecule has 0 bridgehead atoms. The Hall–Kier alpha value is 0.0700. The van der Waals surface area contributed by atoms with E-state index >= 15 is 0 Å². The lowest BCUT2D eigenvalue weighted by molar-refractivity contribution is 0.944. The maximum Gasteiger partial charge on any atom is 0.208 e. The Morgan fingerprint density at radius 2 is 2.38 bits per heavy atom. The predicted molar refractivity (Wildman–Crippen MR) is 54.4 cm³/mol. The number of rotatable bonds is 3. The van der Waals surface area contributed by atoms with Crippen molar-refractivity contribution in [2.45, 2.75) is 22.8 Å². The molecule has 1 aliphatic carbocycles. The van der Waals surface area contributed by atoms with E-state index in [0.717, 1.165) is 23.2 Å². The Kier molecular flexibility index (Phi) is 2.47. The number of aromatic nitrogens is 3. The van der Waals surface area contributed by atoms with E-state index < -0.39 is 4.33 Å². The summed E-state index contributed by atoms with van der Waals surface area (Å²) in [5, 5.41) is 7.56. The summed E-state index contributed by atoms with van der Waals surface area (Å²) in [5.74, 6) is 2.12. The van der Waals surface area contributed by atoms with Gasteiger partial charge in [0.2, 0.25) is 5.16 Å². The molecule has 1 saturated carbocycles. The van der Waals surface area contributed by atoms with E-state index in [4.69, 9.17) is 23.2 Å². The van der Waals surface area contributed by atoms with E-state index in [2.05, 4.69) is 15.2 Å². The van der Waals surface area contributed by atoms with Crippen LogP contribution in [-0.4, -0.2) is 25.3 Å². The molecule has 13 heavy (non-hydrogen) atoms. The summed E-state index contributed by atoms with van der Waals surface area (Å²) in [7, 11) is 0. The van der Waals surface area contributed by atoms with Crippen LogP contribution in [0.25, 0.3) is 0 Å². The number of H-pyrrole nitrogens is 1. The lowest BCUT2D eigenvalue weighted by Gasteiger charge is -1.95. The van der Waals surface area contributed by atoms with Crippen LogP contribution in [0.4, 0.5) is 0 Å². The van der Waals surface area contributed by atoms with Crippen LogP contribution in [0.2, 0.25) is 0 Å². The molecule has 3 nitrogen and oxygen atoms in total. The first kappa shape index (κ1) is 9.62. The first-order valence-corrected chi connectivity index (χ1v) is 5.72. The monoisotopic (exact) mass is 237 g/mol. The zero-order valence-electron chi connectivity index (χ0n) is 7.05. The van der Waals surface area contributed by atoms with Gasteiger partial charge < -0.3 is 0 Å². The highest BCUT2D eigenvalue weighted by molar-refractivity contribution is 7.99. The second-order valence-electron chi connectivity index (χ2n) is 3.18. The van der Waals surface area contributed by atoms with Gasteiger partial charge in [0.1, 0.15) is 10.2 Å². The van der Waals surface area contributed by atoms with Crippen molar-refractivity contribution < 1.29 is 0 Å². The molecule has 0 radical (unpaired) electrons. The van der Waals surface area contributed by atoms with Crippen molar-refractivity contribution in [1.82, 2.24) is 15.2 Å². The van der Waals surface area contributed by atoms with Crippen molar-refractivity contribution in [1.29, 1.82) is 0 Å². The van der Waals surface area contributed by atoms with Gasteiger partial charge in [-0.3, -0.25) is 5.10 Å². The van der Waals surface area contributed by atoms with Crippen LogP contribution in [-0.2, 0) is 0 Å². The predicted octanol–water partition coefficient (Wildman–Crippen LogP) is 2.40. The van der Waals surface area contributed by atoms with E-state index in [1.165, 1.54) is 0 Å². The van der Waals surface area contributed by atoms with Gasteiger partial charge in [0.25, 0.3) is 0 Å². The number of halogens is 2. The summed E-state index contributed by atoms with van der Waals surface area (Å²) in [6.07, 6.45) is 0.881. The minimum absolute atomic E-state index is 0.389. The normalized spacial score (nSPS) is 24.7. The molecule has 1 N–H and O–H groups in total. The van der Waals surface area contributed by atoms with Crippen LogP contribution >= 0.6 is 35.0 Å². The molecule has 0 spiro atoms. The molecule has 1 atom stereocenters. The topological polar surface area (TPSA) is 41.6 Å². The number of nitrogens with zero attached hydrogens (tertiary/aromatic N) is 2. The Labute approximate surface area is 90.6 Å². The fraction of sp³-hybridized carbons (Fsp3) is 0.714. The van der Waals surface area contributed by atoms with Gasteiger partial charge in [-0.2, -0.15) is 0 Å². The lowest BCUT2D eigenvalue weighted by atomic mass is 10.5. The number of hydrogen-bond donors (Lipinski definition) is 1. The van der Waals surface area contributed by atoms with Crippen LogP contribution in [0.5, 0.6) is 0 Å². The molecule has 72 valence electrons. The lowest BCUT2D eigenvalue weighted by Crippen LogP contribution is -1.93. The van der Waals surface area contributed by atoms with Gasteiger partial charge in [-0.1, -0.05) is 11.8 Å². The van der Waals surface area contributed by atoms with E-state index in [1.54, 1.807) is 11.8 Å². The first-order chi connectivity index (χ1) is 6.08. The van der Waals surface area contributed by atoms with Gasteiger partial charge >= 0.3 is 0 Å². The third-order valence-electron chi connectivity index (χ3n) is 1.95. The largest absolute Gasteiger partial charge is 0.262 e. The molecule has 1 heterocycles. The summed E-state index contributed by atoms with van der Waals surface area (Å²) in [6, 6.07) is 0. The fourth-order valence-electron chi connectivity index (χ4n) is 1.01. The van der Waals surface area contributed by atoms with Crippen molar-refractivity contribution in [2.75, 3.05) is 5.75 Å². The Balaban J connectivity index is 1.81. The second kappa shape index (κ2) is 3.33. The zero-order chi connectivity index (χ0) is 9.47. The molecular formula is C7H9Cl2N3S. The Morgan fingerprint density at radius 1 is 1.69 bits per heavy atom. The fourth-order valence-corrected chi connectivity index (χ4v) is 2.79. The van der Waals surface area contributed by atoms with Crippen LogP contribution in [0.1, 0.15) is 12.2 Å². The molecule has 1 aromatic heterocycles. The molecule has 1 unspecified atom stereocenters. The van der Waals surface area contributed by atoms with Crippen molar-refractivity contribution in [3.63, 3.8) is 0 Å². The maximum absolute atomic E-state index is 5.88. The highest BCUT2D eigenvalue weighted by atomic mass is 35.5. The zero-order valence-corrected chi connectivity index (χ0v) is 9.38. The van der Waals surface area contributed by atoms with E-state index in [9.17, 15) is 0 Å². The Morgan fingerprint density at radius 3 is 2.85 bits per heavy atom. The van der Waals surface area contributed by atoms with E-state index in [1.807, 2.05) is 6.92 Å². The highest BCUT2D eigenvalue weighted by Crippen LogP contribution is 2.54. The second-order valence-corrected chi connectivity index (χ2v) is 5.71. The summed E-state index contributed by atoms with van der Waals surface area (Å²) < 4.78 is -0.488. The van der Waals surface area contributed by atoms with Crippen molar-refractivity contribution in [2.24, 2.45) is 5.92 Å². The summed E-state index contributed by atoms with van der Waals surface area (Å²) in [6.45, 7) is 1.88. The van der Waals surface area contributed by atoms with E-state index in [0.29, 0.717) is 5.92 Å². The quantitative estimate of drug-likeness (QED) is 0.649. The van der Waals surface area contributed by atoms with Crippen LogP contribution in [0, 0.1) is 12.8 Å². The van der Waals surface area contributed by atoms with Crippen molar-refractivity contribution in [3.8, 4) is 0 Å². The molecule has 1 aromatic rings. The molecule has 0 aromatic carbocycles. The first-order valence-electron chi connectivity index (χ1n) is 3.97. The number of aryl methyl sites for hydroxylation is 1. The SMILES string of the molecule is Cc1nc(SCC2CC2(Cl)Cl)n[nH]1. The summed E-state index contributed by atoms with van der Waals surface area (Å²) >= 11 is 13.4. The molecule has 1 aliphatic rings. The van der Waals surface area contributed by atoms with Gasteiger partial charge in [-0.05, 0) is 13.3 Å². The molecule has 0 aliphatic heterocycles. The van der Waals surface area contributed by atoms with Gasteiger partial charge in [-0.15, -0.1) is 28.3 Å². The van der Waals surface area contributed by atoms with Crippen LogP contribution < -0.4 is 0 Å². The van der Waals surface area contributed by atoms with Crippen molar-refractivity contribution in [3.05, 3.63) is 5.82 Å². The van der Waals surface area contributed by atoms with Crippen LogP contribution in [0.15, 0.2) is 5.16 Å². The number of nitrogens with one attached hydrogen (secondary N) is 1. The summed E-state index contributed by atoms with van der Waals surface area (Å²) in [4.78, 5) is 4.17. The maximum atomic E-state index is 5.88. The average Bonchev–Trinajstić information content (AvgIpc) is 2.45. The molecular weight excluding hydrogens is 229 g/mol. The highest BCUT2D eigenvalue weighted by Gasteiger charge is 2.51. The summed E-state index contributed by atoms with van der Waals surface area (Å²) in [5.41, 5.74) is 0. The number of alkyl halides is 2. The van der Waals surface area contributed by atoms with Crippen LogP contribution in [0.3, 0.4) is 0 Å². The van der Waals surface area contributed by atoms with Gasteiger partial charge in [-0.25, -0.2) is 4.98 Å². The number of thioether (sulfide) groups is 1. The molecule has 1 fully saturated rings. The molecule has 0 amide bonds. The standard InChI is InChI=1S/C7H9Cl2N3S/c1-4-10-6(12-11-4)13-3-5-2-7(5,8)9/h5H,2-3H2,1H3,(H,10,11,12). The minimum atomic E-state index is -0.488. The molecule has 0 saturated heterocycles. The number of hydrogen-bond acceptors (Lipinski definition) is 3. The van der Waals surface area contributed by atoms with Gasteiger partial charge in [0.05, 0.1) is 0 Å². The van der Waals surface area contributed by atoms with Gasteiger partial charge in [0.15, 0.2) is 0 Å². The minimum Gasteiger partial charge on any atom is -0.262 e. The average molecular weight is 238 g/mol. The van der Waals surface area contributed by atoms with E-state index in [-0.39, 0.29) is 0 Å². The number of aromatic amines is 1. The third-order valence-corrected chi connectivity index (χ3v) is 3.88. The Bertz CT molecular complexity index is 312. The molecule has 2 rings (SSSR count). The third kappa shape index (κ3) is 2.30. The van der Waals surface area contributed by atoms with Crippen molar-refractivity contribution >= 4 is 35.0 Å². The molecule has 6 heteroatoms. The van der Waals surface area contributed by atoms with Gasteiger partial charge in [0, 0.05) is 11.7 Å². The smallest absolute Gasteiger partial charge is 0.208 e.